The number of allylic oxidation sites excluding steroid dienone is 7. The molecule has 1 atom stereocenters. The average Bonchev–Trinajstić information content (AvgIpc) is 3.62. The van der Waals surface area contributed by atoms with E-state index in [1.165, 1.54) is 55.2 Å². The van der Waals surface area contributed by atoms with Gasteiger partial charge < -0.3 is 15.2 Å². The minimum absolute atomic E-state index is 0.0145. The van der Waals surface area contributed by atoms with E-state index in [1.807, 2.05) is 25.2 Å². The van der Waals surface area contributed by atoms with E-state index < -0.39 is 0 Å². The van der Waals surface area contributed by atoms with E-state index in [1.54, 1.807) is 0 Å². The molecule has 0 saturated heterocycles. The van der Waals surface area contributed by atoms with Gasteiger partial charge in [0.15, 0.2) is 5.82 Å². The first kappa shape index (κ1) is 34.3. The number of benzene rings is 6. The van der Waals surface area contributed by atoms with Crippen molar-refractivity contribution in [1.29, 1.82) is 0 Å². The van der Waals surface area contributed by atoms with Crippen LogP contribution in [0, 0.1) is 0 Å². The zero-order valence-electron chi connectivity index (χ0n) is 31.9. The number of hydrogen-bond donors (Lipinski definition) is 2. The molecule has 2 aliphatic carbocycles. The first-order chi connectivity index (χ1) is 28.1. The van der Waals surface area contributed by atoms with Gasteiger partial charge in [0.2, 0.25) is 0 Å². The Morgan fingerprint density at radius 3 is 2.46 bits per heavy atom. The van der Waals surface area contributed by atoms with Gasteiger partial charge in [0.25, 0.3) is 0 Å². The summed E-state index contributed by atoms with van der Waals surface area (Å²) in [5.41, 5.74) is 15.9. The number of nitrogens with one attached hydrogen (secondary N) is 2. The van der Waals surface area contributed by atoms with Crippen LogP contribution in [0.25, 0.3) is 60.9 Å². The van der Waals surface area contributed by atoms with Gasteiger partial charge >= 0.3 is 0 Å². The molecule has 0 fully saturated rings. The van der Waals surface area contributed by atoms with Crippen LogP contribution in [0.3, 0.4) is 0 Å². The number of aryl methyl sites for hydroxylation is 1. The fourth-order valence-corrected chi connectivity index (χ4v) is 8.65. The van der Waals surface area contributed by atoms with Crippen molar-refractivity contribution < 1.29 is 0 Å². The van der Waals surface area contributed by atoms with Crippen LogP contribution in [-0.4, -0.2) is 16.3 Å². The summed E-state index contributed by atoms with van der Waals surface area (Å²) < 4.78 is 2.49. The van der Waals surface area contributed by atoms with Crippen molar-refractivity contribution in [1.82, 2.24) is 9.88 Å². The summed E-state index contributed by atoms with van der Waals surface area (Å²) in [6, 6.07) is 48.2. The molecule has 4 heteroatoms. The SMILES string of the molecule is C=C(/C=C\C=C/C)c1cc(-n2c3c(c4c5ccccc5ccc42)-c2ccccc2CC3)ccc1NC1=C(c2ccc(-c3ccccc3)cc2)NC2C=CC=CC2=N1. The molecule has 0 bridgehead atoms. The molecule has 0 saturated carbocycles. The van der Waals surface area contributed by atoms with Crippen molar-refractivity contribution in [3.63, 3.8) is 0 Å². The van der Waals surface area contributed by atoms with Gasteiger partial charge in [-0.25, -0.2) is 4.99 Å². The summed E-state index contributed by atoms with van der Waals surface area (Å²) in [4.78, 5) is 5.26. The fourth-order valence-electron chi connectivity index (χ4n) is 8.65. The van der Waals surface area contributed by atoms with Crippen LogP contribution >= 0.6 is 0 Å². The van der Waals surface area contributed by atoms with E-state index in [-0.39, 0.29) is 6.04 Å². The van der Waals surface area contributed by atoms with Gasteiger partial charge in [-0.05, 0) is 88.7 Å². The van der Waals surface area contributed by atoms with Gasteiger partial charge in [0.05, 0.1) is 23.0 Å². The molecule has 1 aromatic heterocycles. The third-order valence-corrected chi connectivity index (χ3v) is 11.4. The molecule has 2 heterocycles. The lowest BCUT2D eigenvalue weighted by Gasteiger charge is -2.28. The normalized spacial score (nSPS) is 15.8. The monoisotopic (exact) mass is 734 g/mol. The van der Waals surface area contributed by atoms with Gasteiger partial charge in [0, 0.05) is 39.1 Å². The largest absolute Gasteiger partial charge is 0.370 e. The van der Waals surface area contributed by atoms with Crippen molar-refractivity contribution in [2.75, 3.05) is 5.32 Å². The standard InChI is InChI=1S/C53H42N4/c1-3-4-6-15-35(2)44-34-41(57-48-32-28-38-18-9-11-20-42(38)50(48)51-43-21-12-10-19-39(43)29-33-49(51)57)30-31-45(44)55-53-52(54-46-22-13-14-23-47(46)56-53)40-26-24-37(25-27-40)36-16-7-5-8-17-36/h3-28,30-32,34,46,54-55H,2,29,33H2,1H3/b4-3-,15-6-. The molecule has 10 rings (SSSR count). The summed E-state index contributed by atoms with van der Waals surface area (Å²) in [7, 11) is 0. The van der Waals surface area contributed by atoms with E-state index in [2.05, 4.69) is 186 Å². The second-order valence-corrected chi connectivity index (χ2v) is 14.8. The number of fused-ring (bicyclic) bond motifs is 8. The van der Waals surface area contributed by atoms with Crippen LogP contribution in [0.15, 0.2) is 199 Å². The average molecular weight is 735 g/mol. The van der Waals surface area contributed by atoms with Crippen LogP contribution in [0.1, 0.15) is 29.3 Å². The molecule has 7 aromatic rings. The van der Waals surface area contributed by atoms with E-state index in [0.717, 1.165) is 58.1 Å². The lowest BCUT2D eigenvalue weighted by atomic mass is 9.87. The van der Waals surface area contributed by atoms with Crippen molar-refractivity contribution in [3.05, 3.63) is 217 Å². The predicted molar refractivity (Wildman–Crippen MR) is 242 cm³/mol. The van der Waals surface area contributed by atoms with Crippen LogP contribution in [0.4, 0.5) is 5.69 Å². The van der Waals surface area contributed by atoms with Gasteiger partial charge in [-0.3, -0.25) is 0 Å². The van der Waals surface area contributed by atoms with Crippen molar-refractivity contribution in [2.45, 2.75) is 25.8 Å². The van der Waals surface area contributed by atoms with Crippen LogP contribution in [0.5, 0.6) is 0 Å². The van der Waals surface area contributed by atoms with Gasteiger partial charge in [0.1, 0.15) is 0 Å². The Morgan fingerprint density at radius 1 is 0.789 bits per heavy atom. The molecule has 6 aromatic carbocycles. The molecule has 0 amide bonds. The lowest BCUT2D eigenvalue weighted by Crippen LogP contribution is -2.38. The topological polar surface area (TPSA) is 41.4 Å². The Morgan fingerprint density at radius 2 is 1.58 bits per heavy atom. The second-order valence-electron chi connectivity index (χ2n) is 14.8. The maximum Gasteiger partial charge on any atom is 0.154 e. The van der Waals surface area contributed by atoms with Crippen molar-refractivity contribution in [3.8, 4) is 27.9 Å². The smallest absolute Gasteiger partial charge is 0.154 e. The molecule has 4 nitrogen and oxygen atoms in total. The molecular weight excluding hydrogens is 693 g/mol. The van der Waals surface area contributed by atoms with E-state index in [4.69, 9.17) is 4.99 Å². The number of anilines is 1. The second kappa shape index (κ2) is 14.5. The Hall–Kier alpha value is -7.17. The maximum absolute atomic E-state index is 5.26. The summed E-state index contributed by atoms with van der Waals surface area (Å²) in [6.07, 6.45) is 18.5. The number of nitrogens with zero attached hydrogens (tertiary/aromatic N) is 2. The molecule has 1 unspecified atom stereocenters. The maximum atomic E-state index is 5.26. The Kier molecular flexibility index (Phi) is 8.72. The highest BCUT2D eigenvalue weighted by Gasteiger charge is 2.28. The van der Waals surface area contributed by atoms with E-state index in [9.17, 15) is 0 Å². The minimum atomic E-state index is -0.0145. The third-order valence-electron chi connectivity index (χ3n) is 11.4. The zero-order valence-corrected chi connectivity index (χ0v) is 31.9. The highest BCUT2D eigenvalue weighted by Crippen LogP contribution is 2.45. The minimum Gasteiger partial charge on any atom is -0.370 e. The van der Waals surface area contributed by atoms with Gasteiger partial charge in [-0.2, -0.15) is 0 Å². The molecule has 2 N–H and O–H groups in total. The Labute approximate surface area is 333 Å². The summed E-state index contributed by atoms with van der Waals surface area (Å²) >= 11 is 0. The summed E-state index contributed by atoms with van der Waals surface area (Å²) in [5.74, 6) is 0.764. The van der Waals surface area contributed by atoms with Crippen LogP contribution < -0.4 is 10.6 Å². The molecule has 3 aliphatic rings. The van der Waals surface area contributed by atoms with Crippen molar-refractivity contribution >= 4 is 44.3 Å². The third kappa shape index (κ3) is 6.16. The highest BCUT2D eigenvalue weighted by atomic mass is 15.1. The van der Waals surface area contributed by atoms with Crippen LogP contribution in [-0.2, 0) is 12.8 Å². The highest BCUT2D eigenvalue weighted by molar-refractivity contribution is 6.16. The fraction of sp³-hybridized carbons (Fsp3) is 0.0755. The summed E-state index contributed by atoms with van der Waals surface area (Å²) in [6.45, 7) is 6.65. The lowest BCUT2D eigenvalue weighted by molar-refractivity contribution is 0.863. The number of rotatable bonds is 8. The predicted octanol–water partition coefficient (Wildman–Crippen LogP) is 12.6. The quantitative estimate of drug-likeness (QED) is 0.153. The number of hydrogen-bond acceptors (Lipinski definition) is 3. The molecule has 0 radical (unpaired) electrons. The molecule has 57 heavy (non-hydrogen) atoms. The van der Waals surface area contributed by atoms with E-state index >= 15 is 0 Å². The Bertz CT molecular complexity index is 2910. The molecule has 0 spiro atoms. The molecular formula is C53H42N4. The number of aromatic nitrogens is 1. The zero-order chi connectivity index (χ0) is 38.3. The first-order valence-corrected chi connectivity index (χ1v) is 19.8. The van der Waals surface area contributed by atoms with Crippen LogP contribution in [0.2, 0.25) is 0 Å². The molecule has 274 valence electrons. The van der Waals surface area contributed by atoms with Gasteiger partial charge in [-0.15, -0.1) is 0 Å². The first-order valence-electron chi connectivity index (χ1n) is 19.8. The molecule has 1 aliphatic heterocycles. The van der Waals surface area contributed by atoms with Gasteiger partial charge in [-0.1, -0.05) is 158 Å². The van der Waals surface area contributed by atoms with Crippen molar-refractivity contribution in [2.24, 2.45) is 4.99 Å². The van der Waals surface area contributed by atoms with E-state index in [0.29, 0.717) is 0 Å². The number of aliphatic imine (C=N–C) groups is 1. The Balaban J connectivity index is 1.13. The summed E-state index contributed by atoms with van der Waals surface area (Å²) in [5, 5.41) is 11.5.